The number of halogens is 1. The second-order valence-corrected chi connectivity index (χ2v) is 9.10. The Balaban J connectivity index is 1.86. The maximum atomic E-state index is 12.8. The maximum Gasteiger partial charge on any atom is 0.339 e. The monoisotopic (exact) mass is 428 g/mol. The summed E-state index contributed by atoms with van der Waals surface area (Å²) in [5, 5.41) is 4.37. The Bertz CT molecular complexity index is 981. The number of methoxy groups -OCH3 is 1. The summed E-state index contributed by atoms with van der Waals surface area (Å²) >= 11 is 7.01. The van der Waals surface area contributed by atoms with Gasteiger partial charge in [-0.2, -0.15) is 4.31 Å². The lowest BCUT2D eigenvalue weighted by Gasteiger charge is -2.15. The number of thiophene rings is 1. The summed E-state index contributed by atoms with van der Waals surface area (Å²) in [4.78, 5) is 24.5. The molecule has 7 nitrogen and oxygen atoms in total. The van der Waals surface area contributed by atoms with Gasteiger partial charge in [-0.25, -0.2) is 13.2 Å². The van der Waals surface area contributed by atoms with Crippen molar-refractivity contribution in [3.05, 3.63) is 45.1 Å². The summed E-state index contributed by atoms with van der Waals surface area (Å²) in [7, 11) is -2.48. The first kappa shape index (κ1) is 19.8. The van der Waals surface area contributed by atoms with Gasteiger partial charge in [0.1, 0.15) is 9.77 Å². The van der Waals surface area contributed by atoms with Gasteiger partial charge in [-0.05, 0) is 42.5 Å². The van der Waals surface area contributed by atoms with Crippen LogP contribution in [-0.2, 0) is 14.8 Å². The average molecular weight is 429 g/mol. The summed E-state index contributed by atoms with van der Waals surface area (Å²) in [6, 6.07) is 5.80. The van der Waals surface area contributed by atoms with E-state index in [1.165, 1.54) is 35.7 Å². The number of rotatable bonds is 5. The van der Waals surface area contributed by atoms with Crippen molar-refractivity contribution in [1.29, 1.82) is 0 Å². The molecular weight excluding hydrogens is 412 g/mol. The van der Waals surface area contributed by atoms with Crippen LogP contribution in [0.5, 0.6) is 0 Å². The van der Waals surface area contributed by atoms with Crippen molar-refractivity contribution < 1.29 is 22.7 Å². The lowest BCUT2D eigenvalue weighted by Crippen LogP contribution is -2.29. The number of carbonyl (C=O) groups is 2. The van der Waals surface area contributed by atoms with Crippen LogP contribution in [0.3, 0.4) is 0 Å². The molecule has 2 aromatic rings. The smallest absolute Gasteiger partial charge is 0.339 e. The third-order valence-corrected chi connectivity index (χ3v) is 7.46. The first-order chi connectivity index (χ1) is 12.8. The number of hydrogen-bond acceptors (Lipinski definition) is 6. The van der Waals surface area contributed by atoms with E-state index in [2.05, 4.69) is 10.1 Å². The molecule has 0 unspecified atom stereocenters. The normalized spacial score (nSPS) is 14.9. The Hall–Kier alpha value is -1.94. The van der Waals surface area contributed by atoms with Crippen molar-refractivity contribution in [1.82, 2.24) is 4.31 Å². The van der Waals surface area contributed by atoms with Crippen molar-refractivity contribution in [2.24, 2.45) is 0 Å². The summed E-state index contributed by atoms with van der Waals surface area (Å²) in [5.41, 5.74) is 0.413. The molecule has 1 amide bonds. The van der Waals surface area contributed by atoms with Crippen molar-refractivity contribution in [2.75, 3.05) is 25.5 Å². The van der Waals surface area contributed by atoms with Crippen LogP contribution in [0.2, 0.25) is 5.02 Å². The van der Waals surface area contributed by atoms with Gasteiger partial charge in [0.25, 0.3) is 5.91 Å². The first-order valence-electron chi connectivity index (χ1n) is 8.11. The molecule has 0 bridgehead atoms. The fourth-order valence-corrected chi connectivity index (χ4v) is 5.80. The lowest BCUT2D eigenvalue weighted by molar-refractivity contribution is 0.0600. The zero-order valence-electron chi connectivity index (χ0n) is 14.4. The van der Waals surface area contributed by atoms with E-state index in [0.717, 1.165) is 24.2 Å². The van der Waals surface area contributed by atoms with Crippen LogP contribution < -0.4 is 5.32 Å². The topological polar surface area (TPSA) is 92.8 Å². The SMILES string of the molecule is COC(=O)c1cc(NC(=O)c2sccc2S(=O)(=O)N2CCCC2)ccc1Cl. The Morgan fingerprint density at radius 2 is 1.93 bits per heavy atom. The predicted octanol–water partition coefficient (Wildman–Crippen LogP) is 3.22. The number of benzene rings is 1. The molecule has 0 atom stereocenters. The number of nitrogens with one attached hydrogen (secondary N) is 1. The number of sulfonamides is 1. The summed E-state index contributed by atoms with van der Waals surface area (Å²) in [5.74, 6) is -1.20. The van der Waals surface area contributed by atoms with Crippen molar-refractivity contribution in [2.45, 2.75) is 17.7 Å². The number of nitrogens with zero attached hydrogens (tertiary/aromatic N) is 1. The van der Waals surface area contributed by atoms with Crippen molar-refractivity contribution >= 4 is 50.5 Å². The molecule has 0 radical (unpaired) electrons. The number of ether oxygens (including phenoxy) is 1. The highest BCUT2D eigenvalue weighted by atomic mass is 35.5. The molecule has 2 heterocycles. The van der Waals surface area contributed by atoms with E-state index in [1.54, 1.807) is 5.38 Å². The van der Waals surface area contributed by atoms with Gasteiger partial charge in [0.05, 0.1) is 17.7 Å². The molecule has 1 aromatic heterocycles. The van der Waals surface area contributed by atoms with Gasteiger partial charge in [0, 0.05) is 18.8 Å². The molecule has 1 fully saturated rings. The van der Waals surface area contributed by atoms with Crippen LogP contribution in [0.4, 0.5) is 5.69 Å². The van der Waals surface area contributed by atoms with Crippen LogP contribution in [0.15, 0.2) is 34.5 Å². The van der Waals surface area contributed by atoms with E-state index >= 15 is 0 Å². The van der Waals surface area contributed by atoms with Crippen LogP contribution in [-0.4, -0.2) is 44.8 Å². The van der Waals surface area contributed by atoms with E-state index < -0.39 is 21.9 Å². The second kappa shape index (κ2) is 7.97. The van der Waals surface area contributed by atoms with E-state index in [1.807, 2.05) is 0 Å². The molecule has 0 saturated carbocycles. The molecule has 1 aromatic carbocycles. The molecule has 10 heteroatoms. The molecule has 0 spiro atoms. The highest BCUT2D eigenvalue weighted by molar-refractivity contribution is 7.89. The van der Waals surface area contributed by atoms with Gasteiger partial charge in [0.15, 0.2) is 0 Å². The van der Waals surface area contributed by atoms with E-state index in [-0.39, 0.29) is 20.4 Å². The first-order valence-corrected chi connectivity index (χ1v) is 10.8. The second-order valence-electron chi connectivity index (χ2n) is 5.87. The van der Waals surface area contributed by atoms with E-state index in [4.69, 9.17) is 11.6 Å². The average Bonchev–Trinajstić information content (AvgIpc) is 3.34. The standard InChI is InChI=1S/C17H17ClN2O5S2/c1-25-17(22)12-10-11(4-5-13(12)18)19-16(21)15-14(6-9-26-15)27(23,24)20-7-2-3-8-20/h4-6,9-10H,2-3,7-8H2,1H3,(H,19,21). The molecule has 0 aliphatic carbocycles. The van der Waals surface area contributed by atoms with Gasteiger partial charge in [0.2, 0.25) is 10.0 Å². The molecule has 1 aliphatic heterocycles. The summed E-state index contributed by atoms with van der Waals surface area (Å²) in [6.45, 7) is 0.915. The maximum absolute atomic E-state index is 12.8. The molecule has 27 heavy (non-hydrogen) atoms. The lowest BCUT2D eigenvalue weighted by atomic mass is 10.2. The molecule has 144 valence electrons. The third kappa shape index (κ3) is 4.01. The molecular formula is C17H17ClN2O5S2. The predicted molar refractivity (Wildman–Crippen MR) is 103 cm³/mol. The highest BCUT2D eigenvalue weighted by Crippen LogP contribution is 2.29. The number of amides is 1. The van der Waals surface area contributed by atoms with Crippen molar-refractivity contribution in [3.8, 4) is 0 Å². The van der Waals surface area contributed by atoms with Gasteiger partial charge in [-0.1, -0.05) is 11.6 Å². The summed E-state index contributed by atoms with van der Waals surface area (Å²) in [6.07, 6.45) is 1.62. The molecule has 3 rings (SSSR count). The Labute approximate surface area is 165 Å². The quantitative estimate of drug-likeness (QED) is 0.738. The zero-order chi connectivity index (χ0) is 19.6. The van der Waals surface area contributed by atoms with Crippen LogP contribution >= 0.6 is 22.9 Å². The minimum Gasteiger partial charge on any atom is -0.465 e. The van der Waals surface area contributed by atoms with Gasteiger partial charge in [-0.3, -0.25) is 4.79 Å². The summed E-state index contributed by atoms with van der Waals surface area (Å²) < 4.78 is 31.6. The number of hydrogen-bond donors (Lipinski definition) is 1. The van der Waals surface area contributed by atoms with Gasteiger partial charge >= 0.3 is 5.97 Å². The Morgan fingerprint density at radius 1 is 1.22 bits per heavy atom. The fraction of sp³-hybridized carbons (Fsp3) is 0.294. The minimum atomic E-state index is -3.71. The van der Waals surface area contributed by atoms with E-state index in [9.17, 15) is 18.0 Å². The van der Waals surface area contributed by atoms with Crippen LogP contribution in [0, 0.1) is 0 Å². The fourth-order valence-electron chi connectivity index (χ4n) is 2.79. The van der Waals surface area contributed by atoms with Gasteiger partial charge < -0.3 is 10.1 Å². The van der Waals surface area contributed by atoms with Crippen LogP contribution in [0.25, 0.3) is 0 Å². The number of esters is 1. The van der Waals surface area contributed by atoms with E-state index in [0.29, 0.717) is 18.8 Å². The van der Waals surface area contributed by atoms with Crippen LogP contribution in [0.1, 0.15) is 32.9 Å². The van der Waals surface area contributed by atoms with Crippen molar-refractivity contribution in [3.63, 3.8) is 0 Å². The molecule has 1 saturated heterocycles. The molecule has 1 aliphatic rings. The Morgan fingerprint density at radius 3 is 2.59 bits per heavy atom. The zero-order valence-corrected chi connectivity index (χ0v) is 16.8. The largest absolute Gasteiger partial charge is 0.465 e. The third-order valence-electron chi connectivity index (χ3n) is 4.15. The molecule has 1 N–H and O–H groups in total. The highest BCUT2D eigenvalue weighted by Gasteiger charge is 2.31. The Kier molecular flexibility index (Phi) is 5.85. The number of carbonyl (C=O) groups excluding carboxylic acids is 2. The number of anilines is 1. The minimum absolute atomic E-state index is 0.00550. The van der Waals surface area contributed by atoms with Gasteiger partial charge in [-0.15, -0.1) is 11.3 Å².